The third kappa shape index (κ3) is 4.39. The Morgan fingerprint density at radius 2 is 1.71 bits per heavy atom. The Labute approximate surface area is 185 Å². The number of thioether (sulfide) groups is 1. The van der Waals surface area contributed by atoms with E-state index in [0.717, 1.165) is 22.5 Å². The van der Waals surface area contributed by atoms with Crippen molar-refractivity contribution in [3.63, 3.8) is 0 Å². The summed E-state index contributed by atoms with van der Waals surface area (Å²) in [7, 11) is 0. The average Bonchev–Trinajstić information content (AvgIpc) is 2.77. The molecule has 5 nitrogen and oxygen atoms in total. The first-order valence-electron chi connectivity index (χ1n) is 10.1. The minimum Gasteiger partial charge on any atom is -0.325 e. The lowest BCUT2D eigenvalue weighted by molar-refractivity contribution is -0.115. The number of hydrogen-bond donors (Lipinski definition) is 1. The fourth-order valence-corrected chi connectivity index (χ4v) is 4.26. The predicted molar refractivity (Wildman–Crippen MR) is 127 cm³/mol. The fraction of sp³-hybridized carbons (Fsp3) is 0.160. The molecule has 0 aliphatic heterocycles. The zero-order chi connectivity index (χ0) is 22.0. The van der Waals surface area contributed by atoms with E-state index in [-0.39, 0.29) is 11.5 Å². The van der Waals surface area contributed by atoms with E-state index in [1.54, 1.807) is 10.6 Å². The summed E-state index contributed by atoms with van der Waals surface area (Å²) in [6.45, 7) is 5.78. The molecule has 156 valence electrons. The maximum atomic E-state index is 13.5. The number of aryl methyl sites for hydroxylation is 2. The van der Waals surface area contributed by atoms with E-state index >= 15 is 0 Å². The number of nitrogens with zero attached hydrogens (tertiary/aromatic N) is 2. The summed E-state index contributed by atoms with van der Waals surface area (Å²) in [6.07, 6.45) is 0. The first-order chi connectivity index (χ1) is 14.9. The van der Waals surface area contributed by atoms with Gasteiger partial charge < -0.3 is 5.32 Å². The minimum atomic E-state index is -0.454. The van der Waals surface area contributed by atoms with Crippen LogP contribution in [0.1, 0.15) is 18.1 Å². The fourth-order valence-electron chi connectivity index (χ4n) is 3.34. The van der Waals surface area contributed by atoms with Crippen LogP contribution >= 0.6 is 11.8 Å². The highest BCUT2D eigenvalue weighted by Gasteiger charge is 2.21. The molecule has 4 rings (SSSR count). The number of anilines is 1. The summed E-state index contributed by atoms with van der Waals surface area (Å²) >= 11 is 1.28. The lowest BCUT2D eigenvalue weighted by Crippen LogP contribution is -2.26. The van der Waals surface area contributed by atoms with Crippen LogP contribution in [0.25, 0.3) is 16.6 Å². The first kappa shape index (κ1) is 20.9. The molecule has 0 radical (unpaired) electrons. The molecule has 0 spiro atoms. The van der Waals surface area contributed by atoms with Crippen LogP contribution in [0.15, 0.2) is 82.7 Å². The molecule has 1 heterocycles. The van der Waals surface area contributed by atoms with Gasteiger partial charge in [-0.2, -0.15) is 0 Å². The molecule has 1 aromatic heterocycles. The molecule has 0 fully saturated rings. The molecule has 0 aliphatic carbocycles. The summed E-state index contributed by atoms with van der Waals surface area (Å²) in [5.74, 6) is -0.147. The van der Waals surface area contributed by atoms with Crippen LogP contribution in [-0.2, 0) is 4.79 Å². The normalized spacial score (nSPS) is 12.0. The van der Waals surface area contributed by atoms with Gasteiger partial charge in [-0.3, -0.25) is 14.2 Å². The van der Waals surface area contributed by atoms with Gasteiger partial charge in [0.1, 0.15) is 0 Å². The van der Waals surface area contributed by atoms with Gasteiger partial charge in [0.15, 0.2) is 5.16 Å². The molecule has 1 atom stereocenters. The molecule has 1 N–H and O–H groups in total. The van der Waals surface area contributed by atoms with E-state index in [0.29, 0.717) is 16.1 Å². The summed E-state index contributed by atoms with van der Waals surface area (Å²) < 4.78 is 1.63. The van der Waals surface area contributed by atoms with Crippen molar-refractivity contribution in [1.29, 1.82) is 0 Å². The number of nitrogens with one attached hydrogen (secondary N) is 1. The van der Waals surface area contributed by atoms with Gasteiger partial charge in [-0.05, 0) is 62.2 Å². The second-order valence-corrected chi connectivity index (χ2v) is 8.77. The molecule has 4 aromatic rings. The van der Waals surface area contributed by atoms with E-state index in [4.69, 9.17) is 4.98 Å². The second-order valence-electron chi connectivity index (χ2n) is 7.46. The standard InChI is InChI=1S/C25H23N3O2S/c1-16-13-14-17(2)22(15-16)28-24(30)20-11-7-8-12-21(20)27-25(28)31-18(3)23(29)26-19-9-5-4-6-10-19/h4-15,18H,1-3H3,(H,26,29). The third-order valence-electron chi connectivity index (χ3n) is 5.04. The molecule has 1 unspecified atom stereocenters. The Bertz CT molecular complexity index is 1320. The first-order valence-corrected chi connectivity index (χ1v) is 10.9. The van der Waals surface area contributed by atoms with Crippen molar-refractivity contribution in [3.05, 3.63) is 94.3 Å². The molecule has 0 aliphatic rings. The van der Waals surface area contributed by atoms with Crippen molar-refractivity contribution >= 4 is 34.3 Å². The second kappa shape index (κ2) is 8.78. The van der Waals surface area contributed by atoms with Crippen LogP contribution in [0, 0.1) is 13.8 Å². The summed E-state index contributed by atoms with van der Waals surface area (Å²) in [5, 5.41) is 3.51. The number of fused-ring (bicyclic) bond motifs is 1. The Morgan fingerprint density at radius 3 is 2.48 bits per heavy atom. The Balaban J connectivity index is 1.78. The topological polar surface area (TPSA) is 64.0 Å². The van der Waals surface area contributed by atoms with Crippen LogP contribution in [0.2, 0.25) is 0 Å². The third-order valence-corrected chi connectivity index (χ3v) is 6.10. The molecule has 1 amide bonds. The highest BCUT2D eigenvalue weighted by molar-refractivity contribution is 8.00. The van der Waals surface area contributed by atoms with Crippen molar-refractivity contribution in [3.8, 4) is 5.69 Å². The van der Waals surface area contributed by atoms with Gasteiger partial charge in [0.05, 0.1) is 21.8 Å². The highest BCUT2D eigenvalue weighted by atomic mass is 32.2. The van der Waals surface area contributed by atoms with Gasteiger partial charge in [-0.15, -0.1) is 0 Å². The summed E-state index contributed by atoms with van der Waals surface area (Å²) in [6, 6.07) is 22.6. The Kier molecular flexibility index (Phi) is 5.91. The average molecular weight is 430 g/mol. The number of benzene rings is 3. The van der Waals surface area contributed by atoms with Crippen molar-refractivity contribution in [2.24, 2.45) is 0 Å². The quantitative estimate of drug-likeness (QED) is 0.353. The lowest BCUT2D eigenvalue weighted by Gasteiger charge is -2.18. The zero-order valence-electron chi connectivity index (χ0n) is 17.6. The highest BCUT2D eigenvalue weighted by Crippen LogP contribution is 2.27. The molecular weight excluding hydrogens is 406 g/mol. The van der Waals surface area contributed by atoms with E-state index in [1.165, 1.54) is 11.8 Å². The zero-order valence-corrected chi connectivity index (χ0v) is 18.4. The smallest absolute Gasteiger partial charge is 0.266 e. The van der Waals surface area contributed by atoms with Crippen LogP contribution in [0.3, 0.4) is 0 Å². The number of aromatic nitrogens is 2. The van der Waals surface area contributed by atoms with E-state index < -0.39 is 5.25 Å². The van der Waals surface area contributed by atoms with Gasteiger partial charge in [-0.25, -0.2) is 4.98 Å². The molecule has 3 aromatic carbocycles. The van der Waals surface area contributed by atoms with Gasteiger partial charge in [0.25, 0.3) is 5.56 Å². The van der Waals surface area contributed by atoms with Gasteiger partial charge in [0.2, 0.25) is 5.91 Å². The molecule has 0 saturated carbocycles. The van der Waals surface area contributed by atoms with Crippen molar-refractivity contribution < 1.29 is 4.79 Å². The molecule has 31 heavy (non-hydrogen) atoms. The Hall–Kier alpha value is -3.38. The van der Waals surface area contributed by atoms with Crippen LogP contribution < -0.4 is 10.9 Å². The van der Waals surface area contributed by atoms with E-state index in [1.807, 2.05) is 87.5 Å². The number of amides is 1. The van der Waals surface area contributed by atoms with Crippen LogP contribution in [-0.4, -0.2) is 20.7 Å². The minimum absolute atomic E-state index is 0.141. The van der Waals surface area contributed by atoms with Crippen molar-refractivity contribution in [2.45, 2.75) is 31.2 Å². The van der Waals surface area contributed by atoms with Crippen molar-refractivity contribution in [1.82, 2.24) is 9.55 Å². The molecular formula is C25H23N3O2S. The molecule has 6 heteroatoms. The Morgan fingerprint density at radius 1 is 1.00 bits per heavy atom. The molecule has 0 bridgehead atoms. The van der Waals surface area contributed by atoms with Crippen LogP contribution in [0.4, 0.5) is 5.69 Å². The maximum absolute atomic E-state index is 13.5. The van der Waals surface area contributed by atoms with Gasteiger partial charge >= 0.3 is 0 Å². The lowest BCUT2D eigenvalue weighted by atomic mass is 10.1. The number of carbonyl (C=O) groups is 1. The number of hydrogen-bond acceptors (Lipinski definition) is 4. The summed E-state index contributed by atoms with van der Waals surface area (Å²) in [4.78, 5) is 31.0. The van der Waals surface area contributed by atoms with Crippen molar-refractivity contribution in [2.75, 3.05) is 5.32 Å². The van der Waals surface area contributed by atoms with E-state index in [2.05, 4.69) is 5.32 Å². The molecule has 0 saturated heterocycles. The monoisotopic (exact) mass is 429 g/mol. The predicted octanol–water partition coefficient (Wildman–Crippen LogP) is 5.12. The number of rotatable bonds is 5. The number of carbonyl (C=O) groups excluding carboxylic acids is 1. The maximum Gasteiger partial charge on any atom is 0.266 e. The van der Waals surface area contributed by atoms with Gasteiger partial charge in [0, 0.05) is 5.69 Å². The largest absolute Gasteiger partial charge is 0.325 e. The van der Waals surface area contributed by atoms with Gasteiger partial charge in [-0.1, -0.05) is 54.2 Å². The number of para-hydroxylation sites is 2. The van der Waals surface area contributed by atoms with Crippen LogP contribution in [0.5, 0.6) is 0 Å². The van der Waals surface area contributed by atoms with E-state index in [9.17, 15) is 9.59 Å². The summed E-state index contributed by atoms with van der Waals surface area (Å²) in [5.41, 5.74) is 4.00. The SMILES string of the molecule is Cc1ccc(C)c(-n2c(SC(C)C(=O)Nc3ccccc3)nc3ccccc3c2=O)c1.